The summed E-state index contributed by atoms with van der Waals surface area (Å²) in [6.45, 7) is 1.41. The largest absolute Gasteiger partial charge is 0.437 e. The molecule has 4 nitrogen and oxygen atoms in total. The SMILES string of the molecule is CC(=O)c1ccc(-n2cc(N)c(C(F)(F)F)n2)cc1. The van der Waals surface area contributed by atoms with Gasteiger partial charge in [0, 0.05) is 5.56 Å². The van der Waals surface area contributed by atoms with E-state index in [2.05, 4.69) is 5.10 Å². The lowest BCUT2D eigenvalue weighted by Crippen LogP contribution is -2.09. The molecule has 0 saturated heterocycles. The van der Waals surface area contributed by atoms with Gasteiger partial charge in [0.15, 0.2) is 11.5 Å². The van der Waals surface area contributed by atoms with E-state index in [1.54, 1.807) is 0 Å². The molecule has 1 aromatic heterocycles. The molecule has 0 aliphatic heterocycles. The summed E-state index contributed by atoms with van der Waals surface area (Å²) in [5, 5.41) is 3.41. The maximum atomic E-state index is 12.5. The van der Waals surface area contributed by atoms with Crippen molar-refractivity contribution in [2.24, 2.45) is 0 Å². The Kier molecular flexibility index (Phi) is 3.05. The molecule has 0 saturated carbocycles. The Morgan fingerprint density at radius 2 is 1.84 bits per heavy atom. The van der Waals surface area contributed by atoms with Crippen LogP contribution in [0.15, 0.2) is 30.5 Å². The Balaban J connectivity index is 2.40. The highest BCUT2D eigenvalue weighted by molar-refractivity contribution is 5.94. The minimum Gasteiger partial charge on any atom is -0.396 e. The Bertz CT molecular complexity index is 614. The van der Waals surface area contributed by atoms with Crippen molar-refractivity contribution < 1.29 is 18.0 Å². The van der Waals surface area contributed by atoms with Crippen LogP contribution in [-0.2, 0) is 6.18 Å². The first-order chi connectivity index (χ1) is 8.79. The Labute approximate surface area is 106 Å². The molecule has 2 N–H and O–H groups in total. The van der Waals surface area contributed by atoms with E-state index >= 15 is 0 Å². The molecule has 7 heteroatoms. The predicted octanol–water partition coefficient (Wildman–Crippen LogP) is 2.68. The third kappa shape index (κ3) is 2.59. The van der Waals surface area contributed by atoms with Gasteiger partial charge >= 0.3 is 6.18 Å². The zero-order valence-electron chi connectivity index (χ0n) is 9.90. The number of nitrogens with two attached hydrogens (primary N) is 1. The van der Waals surface area contributed by atoms with E-state index < -0.39 is 17.6 Å². The number of Topliss-reactive ketones (excluding diaryl/α,β-unsaturated/α-hetero) is 1. The van der Waals surface area contributed by atoms with Crippen molar-refractivity contribution in [1.82, 2.24) is 9.78 Å². The average molecular weight is 269 g/mol. The first-order valence-corrected chi connectivity index (χ1v) is 5.33. The highest BCUT2D eigenvalue weighted by Gasteiger charge is 2.36. The molecule has 2 rings (SSSR count). The number of carbonyl (C=O) groups excluding carboxylic acids is 1. The van der Waals surface area contributed by atoms with Crippen molar-refractivity contribution in [3.05, 3.63) is 41.7 Å². The number of halogens is 3. The first-order valence-electron chi connectivity index (χ1n) is 5.33. The van der Waals surface area contributed by atoms with Crippen LogP contribution in [0, 0.1) is 0 Å². The lowest BCUT2D eigenvalue weighted by atomic mass is 10.1. The lowest BCUT2D eigenvalue weighted by Gasteiger charge is -2.03. The molecule has 0 aliphatic rings. The van der Waals surface area contributed by atoms with Crippen molar-refractivity contribution in [2.45, 2.75) is 13.1 Å². The van der Waals surface area contributed by atoms with Gasteiger partial charge < -0.3 is 5.73 Å². The highest BCUT2D eigenvalue weighted by atomic mass is 19.4. The normalized spacial score (nSPS) is 11.6. The molecule has 0 unspecified atom stereocenters. The third-order valence-corrected chi connectivity index (χ3v) is 2.55. The fourth-order valence-corrected chi connectivity index (χ4v) is 1.59. The second kappa shape index (κ2) is 4.42. The Hall–Kier alpha value is -2.31. The Morgan fingerprint density at radius 1 is 1.26 bits per heavy atom. The molecule has 0 fully saturated rings. The molecule has 0 spiro atoms. The summed E-state index contributed by atoms with van der Waals surface area (Å²) >= 11 is 0. The summed E-state index contributed by atoms with van der Waals surface area (Å²) in [7, 11) is 0. The topological polar surface area (TPSA) is 60.9 Å². The number of aromatic nitrogens is 2. The van der Waals surface area contributed by atoms with Gasteiger partial charge in [-0.25, -0.2) is 4.68 Å². The van der Waals surface area contributed by atoms with Crippen LogP contribution in [0.3, 0.4) is 0 Å². The van der Waals surface area contributed by atoms with Crippen LogP contribution >= 0.6 is 0 Å². The zero-order valence-corrected chi connectivity index (χ0v) is 9.90. The molecular weight excluding hydrogens is 259 g/mol. The highest BCUT2D eigenvalue weighted by Crippen LogP contribution is 2.32. The number of hydrogen-bond donors (Lipinski definition) is 1. The predicted molar refractivity (Wildman–Crippen MR) is 63.0 cm³/mol. The van der Waals surface area contributed by atoms with Gasteiger partial charge in [-0.15, -0.1) is 0 Å². The van der Waals surface area contributed by atoms with Gasteiger partial charge in [-0.2, -0.15) is 18.3 Å². The Morgan fingerprint density at radius 3 is 2.26 bits per heavy atom. The van der Waals surface area contributed by atoms with Crippen LogP contribution in [0.5, 0.6) is 0 Å². The molecule has 0 bridgehead atoms. The van der Waals surface area contributed by atoms with Crippen LogP contribution < -0.4 is 5.73 Å². The fourth-order valence-electron chi connectivity index (χ4n) is 1.59. The molecule has 2 aromatic rings. The van der Waals surface area contributed by atoms with E-state index in [9.17, 15) is 18.0 Å². The summed E-state index contributed by atoms with van der Waals surface area (Å²) < 4.78 is 38.7. The van der Waals surface area contributed by atoms with E-state index in [1.807, 2.05) is 0 Å². The minimum absolute atomic E-state index is 0.123. The molecular formula is C12H10F3N3O. The van der Waals surface area contributed by atoms with E-state index in [-0.39, 0.29) is 5.78 Å². The quantitative estimate of drug-likeness (QED) is 0.852. The van der Waals surface area contributed by atoms with E-state index in [0.717, 1.165) is 10.9 Å². The smallest absolute Gasteiger partial charge is 0.396 e. The van der Waals surface area contributed by atoms with Crippen molar-refractivity contribution >= 4 is 11.5 Å². The van der Waals surface area contributed by atoms with Gasteiger partial charge in [-0.1, -0.05) is 0 Å². The molecule has 0 atom stereocenters. The van der Waals surface area contributed by atoms with Crippen LogP contribution in [0.25, 0.3) is 5.69 Å². The van der Waals surface area contributed by atoms with Gasteiger partial charge in [0.1, 0.15) is 0 Å². The monoisotopic (exact) mass is 269 g/mol. The van der Waals surface area contributed by atoms with Gasteiger partial charge in [0.2, 0.25) is 0 Å². The van der Waals surface area contributed by atoms with Crippen molar-refractivity contribution in [2.75, 3.05) is 5.73 Å². The molecule has 1 aromatic carbocycles. The second-order valence-corrected chi connectivity index (χ2v) is 3.98. The first kappa shape index (κ1) is 13.1. The molecule has 19 heavy (non-hydrogen) atoms. The van der Waals surface area contributed by atoms with Gasteiger partial charge in [0.25, 0.3) is 0 Å². The van der Waals surface area contributed by atoms with Crippen LogP contribution in [0.4, 0.5) is 18.9 Å². The number of nitrogens with zero attached hydrogens (tertiary/aromatic N) is 2. The molecule has 0 aliphatic carbocycles. The minimum atomic E-state index is -4.59. The summed E-state index contributed by atoms with van der Waals surface area (Å²) in [4.78, 5) is 11.1. The standard InChI is InChI=1S/C12H10F3N3O/c1-7(19)8-2-4-9(5-3-8)18-6-10(16)11(17-18)12(13,14)15/h2-6H,16H2,1H3. The number of rotatable bonds is 2. The van der Waals surface area contributed by atoms with E-state index in [1.165, 1.54) is 31.2 Å². The summed E-state index contributed by atoms with van der Waals surface area (Å²) in [6.07, 6.45) is -3.50. The average Bonchev–Trinajstić information content (AvgIpc) is 2.71. The third-order valence-electron chi connectivity index (χ3n) is 2.55. The summed E-state index contributed by atoms with van der Waals surface area (Å²) in [6, 6.07) is 6.04. The summed E-state index contributed by atoms with van der Waals surface area (Å²) in [5.74, 6) is -0.123. The van der Waals surface area contributed by atoms with Gasteiger partial charge in [0.05, 0.1) is 17.6 Å². The van der Waals surface area contributed by atoms with Gasteiger partial charge in [-0.05, 0) is 31.2 Å². The molecule has 1 heterocycles. The van der Waals surface area contributed by atoms with Crippen LogP contribution in [0.1, 0.15) is 23.0 Å². The summed E-state index contributed by atoms with van der Waals surface area (Å²) in [5.41, 5.74) is 4.59. The van der Waals surface area contributed by atoms with Crippen molar-refractivity contribution in [3.63, 3.8) is 0 Å². The number of anilines is 1. The van der Waals surface area contributed by atoms with Crippen molar-refractivity contribution in [3.8, 4) is 5.69 Å². The van der Waals surface area contributed by atoms with Crippen LogP contribution in [0.2, 0.25) is 0 Å². The zero-order chi connectivity index (χ0) is 14.2. The maximum absolute atomic E-state index is 12.5. The lowest BCUT2D eigenvalue weighted by molar-refractivity contribution is -0.140. The second-order valence-electron chi connectivity index (χ2n) is 3.98. The van der Waals surface area contributed by atoms with Crippen molar-refractivity contribution in [1.29, 1.82) is 0 Å². The van der Waals surface area contributed by atoms with Gasteiger partial charge in [-0.3, -0.25) is 4.79 Å². The molecule has 0 radical (unpaired) electrons. The number of benzene rings is 1. The fraction of sp³-hybridized carbons (Fsp3) is 0.167. The van der Waals surface area contributed by atoms with E-state index in [4.69, 9.17) is 5.73 Å². The molecule has 0 amide bonds. The van der Waals surface area contributed by atoms with E-state index in [0.29, 0.717) is 11.3 Å². The van der Waals surface area contributed by atoms with Crippen LogP contribution in [-0.4, -0.2) is 15.6 Å². The number of nitrogen functional groups attached to an aromatic ring is 1. The maximum Gasteiger partial charge on any atom is 0.437 e. The number of ketones is 1. The number of carbonyl (C=O) groups is 1. The molecule has 100 valence electrons. The number of alkyl halides is 3. The number of hydrogen-bond acceptors (Lipinski definition) is 3.